The van der Waals surface area contributed by atoms with Gasteiger partial charge in [0.15, 0.2) is 0 Å². The first-order valence-corrected chi connectivity index (χ1v) is 7.41. The van der Waals surface area contributed by atoms with Crippen LogP contribution in [0.3, 0.4) is 0 Å². The van der Waals surface area contributed by atoms with E-state index in [0.717, 1.165) is 6.29 Å². The van der Waals surface area contributed by atoms with Gasteiger partial charge in [0.2, 0.25) is 16.0 Å². The molecule has 1 heterocycles. The first-order valence-electron chi connectivity index (χ1n) is 5.86. The summed E-state index contributed by atoms with van der Waals surface area (Å²) in [5.41, 5.74) is 0.538. The van der Waals surface area contributed by atoms with E-state index in [-0.39, 0.29) is 17.1 Å². The average molecular weight is 269 g/mol. The van der Waals surface area contributed by atoms with Crippen LogP contribution in [0.4, 0.5) is 5.95 Å². The van der Waals surface area contributed by atoms with Crippen molar-refractivity contribution in [3.05, 3.63) is 18.0 Å². The predicted molar refractivity (Wildman–Crippen MR) is 66.7 cm³/mol. The lowest BCUT2D eigenvalue weighted by Gasteiger charge is -2.09. The van der Waals surface area contributed by atoms with Crippen LogP contribution in [0.5, 0.6) is 0 Å². The van der Waals surface area contributed by atoms with Crippen LogP contribution in [0, 0.1) is 0 Å². The third-order valence-corrected chi connectivity index (χ3v) is 4.67. The van der Waals surface area contributed by atoms with E-state index in [4.69, 9.17) is 0 Å². The SMILES string of the molecule is CCC(C=O)c1ccnc(NS(=O)(=O)C2CC2)n1. The van der Waals surface area contributed by atoms with Crippen molar-refractivity contribution in [2.24, 2.45) is 0 Å². The molecule has 0 radical (unpaired) electrons. The number of hydrogen-bond acceptors (Lipinski definition) is 5. The van der Waals surface area contributed by atoms with Gasteiger partial charge < -0.3 is 4.79 Å². The zero-order valence-corrected chi connectivity index (χ0v) is 10.9. The van der Waals surface area contributed by atoms with Crippen LogP contribution in [0.25, 0.3) is 0 Å². The molecule has 1 unspecified atom stereocenters. The maximum absolute atomic E-state index is 11.7. The fraction of sp³-hybridized carbons (Fsp3) is 0.545. The summed E-state index contributed by atoms with van der Waals surface area (Å²) in [6.07, 6.45) is 4.25. The van der Waals surface area contributed by atoms with E-state index in [1.165, 1.54) is 6.20 Å². The smallest absolute Gasteiger partial charge is 0.237 e. The molecule has 18 heavy (non-hydrogen) atoms. The minimum atomic E-state index is -3.36. The normalized spacial score (nSPS) is 17.2. The monoisotopic (exact) mass is 269 g/mol. The van der Waals surface area contributed by atoms with E-state index < -0.39 is 10.0 Å². The van der Waals surface area contributed by atoms with Gasteiger partial charge in [-0.1, -0.05) is 6.92 Å². The van der Waals surface area contributed by atoms with E-state index >= 15 is 0 Å². The summed E-state index contributed by atoms with van der Waals surface area (Å²) in [5, 5.41) is -0.321. The number of anilines is 1. The van der Waals surface area contributed by atoms with Gasteiger partial charge in [-0.3, -0.25) is 4.72 Å². The van der Waals surface area contributed by atoms with Crippen molar-refractivity contribution < 1.29 is 13.2 Å². The van der Waals surface area contributed by atoms with E-state index in [1.54, 1.807) is 6.07 Å². The molecule has 1 saturated carbocycles. The largest absolute Gasteiger partial charge is 0.303 e. The molecule has 0 spiro atoms. The molecular formula is C11H15N3O3S. The fourth-order valence-electron chi connectivity index (χ4n) is 1.59. The standard InChI is InChI=1S/C11H15N3O3S/c1-2-8(7-15)10-5-6-12-11(13-10)14-18(16,17)9-3-4-9/h5-9H,2-4H2,1H3,(H,12,13,14). The van der Waals surface area contributed by atoms with E-state index in [2.05, 4.69) is 14.7 Å². The highest BCUT2D eigenvalue weighted by molar-refractivity contribution is 7.93. The van der Waals surface area contributed by atoms with Gasteiger partial charge in [0.1, 0.15) is 6.29 Å². The second kappa shape index (κ2) is 5.01. The maximum atomic E-state index is 11.7. The highest BCUT2D eigenvalue weighted by Gasteiger charge is 2.36. The highest BCUT2D eigenvalue weighted by atomic mass is 32.2. The van der Waals surface area contributed by atoms with Crippen LogP contribution in [0.2, 0.25) is 0 Å². The van der Waals surface area contributed by atoms with Gasteiger partial charge in [-0.15, -0.1) is 0 Å². The number of aldehydes is 1. The van der Waals surface area contributed by atoms with Crippen LogP contribution in [-0.4, -0.2) is 29.9 Å². The summed E-state index contributed by atoms with van der Waals surface area (Å²) in [6, 6.07) is 1.62. The topological polar surface area (TPSA) is 89.0 Å². The predicted octanol–water partition coefficient (Wildman–Crippen LogP) is 1.07. The molecule has 1 N–H and O–H groups in total. The maximum Gasteiger partial charge on any atom is 0.237 e. The summed E-state index contributed by atoms with van der Waals surface area (Å²) in [4.78, 5) is 18.8. The molecule has 0 amide bonds. The Bertz CT molecular complexity index is 540. The molecular weight excluding hydrogens is 254 g/mol. The zero-order valence-electron chi connectivity index (χ0n) is 10.0. The summed E-state index contributed by atoms with van der Waals surface area (Å²) in [5.74, 6) is -0.281. The number of aromatic nitrogens is 2. The number of hydrogen-bond donors (Lipinski definition) is 1. The summed E-state index contributed by atoms with van der Waals surface area (Å²) in [6.45, 7) is 1.87. The van der Waals surface area contributed by atoms with Crippen LogP contribution in [0.1, 0.15) is 37.8 Å². The molecule has 1 aliphatic carbocycles. The van der Waals surface area contributed by atoms with Crippen LogP contribution in [-0.2, 0) is 14.8 Å². The van der Waals surface area contributed by atoms with Gasteiger partial charge in [-0.2, -0.15) is 0 Å². The molecule has 0 aliphatic heterocycles. The second-order valence-electron chi connectivity index (χ2n) is 4.30. The number of sulfonamides is 1. The molecule has 0 saturated heterocycles. The number of rotatable bonds is 6. The van der Waals surface area contributed by atoms with Crippen LogP contribution < -0.4 is 4.72 Å². The zero-order chi connectivity index (χ0) is 13.2. The van der Waals surface area contributed by atoms with Gasteiger partial charge in [0.25, 0.3) is 0 Å². The molecule has 1 aliphatic rings. The van der Waals surface area contributed by atoms with Gasteiger partial charge in [0.05, 0.1) is 16.9 Å². The summed E-state index contributed by atoms with van der Waals surface area (Å²) < 4.78 is 25.8. The molecule has 6 nitrogen and oxygen atoms in total. The van der Waals surface area contributed by atoms with Gasteiger partial charge in [-0.25, -0.2) is 18.4 Å². The first-order chi connectivity index (χ1) is 8.56. The van der Waals surface area contributed by atoms with Crippen LogP contribution in [0.15, 0.2) is 12.3 Å². The molecule has 1 aromatic heterocycles. The lowest BCUT2D eigenvalue weighted by Crippen LogP contribution is -2.19. The van der Waals surface area contributed by atoms with Crippen molar-refractivity contribution in [2.75, 3.05) is 4.72 Å². The highest BCUT2D eigenvalue weighted by Crippen LogP contribution is 2.29. The van der Waals surface area contributed by atoms with Gasteiger partial charge in [0, 0.05) is 6.20 Å². The minimum absolute atomic E-state index is 0.0414. The Labute approximate surface area is 106 Å². The Hall–Kier alpha value is -1.50. The molecule has 1 aromatic rings. The summed E-state index contributed by atoms with van der Waals surface area (Å²) >= 11 is 0. The third kappa shape index (κ3) is 2.84. The Balaban J connectivity index is 2.19. The van der Waals surface area contributed by atoms with Gasteiger partial charge in [-0.05, 0) is 25.3 Å². The Morgan fingerprint density at radius 2 is 2.28 bits per heavy atom. The Morgan fingerprint density at radius 1 is 1.56 bits per heavy atom. The molecule has 0 bridgehead atoms. The van der Waals surface area contributed by atoms with Crippen molar-refractivity contribution in [3.63, 3.8) is 0 Å². The van der Waals surface area contributed by atoms with E-state index in [9.17, 15) is 13.2 Å². The molecule has 7 heteroatoms. The lowest BCUT2D eigenvalue weighted by atomic mass is 10.0. The number of carbonyl (C=O) groups excluding carboxylic acids is 1. The molecule has 1 fully saturated rings. The van der Waals surface area contributed by atoms with E-state index in [0.29, 0.717) is 25.0 Å². The quantitative estimate of drug-likeness (QED) is 0.780. The van der Waals surface area contributed by atoms with Crippen molar-refractivity contribution in [2.45, 2.75) is 37.4 Å². The fourth-order valence-corrected chi connectivity index (χ4v) is 2.87. The minimum Gasteiger partial charge on any atom is -0.303 e. The Kier molecular flexibility index (Phi) is 3.60. The van der Waals surface area contributed by atoms with Crippen molar-refractivity contribution in [1.82, 2.24) is 9.97 Å². The first kappa shape index (κ1) is 12.9. The number of nitrogens with one attached hydrogen (secondary N) is 1. The van der Waals surface area contributed by atoms with E-state index in [1.807, 2.05) is 6.92 Å². The van der Waals surface area contributed by atoms with Gasteiger partial charge >= 0.3 is 0 Å². The second-order valence-corrected chi connectivity index (χ2v) is 6.26. The average Bonchev–Trinajstić information content (AvgIpc) is 3.14. The third-order valence-electron chi connectivity index (χ3n) is 2.86. The lowest BCUT2D eigenvalue weighted by molar-refractivity contribution is -0.109. The number of nitrogens with zero attached hydrogens (tertiary/aromatic N) is 2. The molecule has 98 valence electrons. The van der Waals surface area contributed by atoms with Crippen molar-refractivity contribution >= 4 is 22.3 Å². The Morgan fingerprint density at radius 3 is 2.83 bits per heavy atom. The van der Waals surface area contributed by atoms with Crippen molar-refractivity contribution in [3.8, 4) is 0 Å². The molecule has 1 atom stereocenters. The number of carbonyl (C=O) groups is 1. The molecule has 0 aromatic carbocycles. The summed E-state index contributed by atoms with van der Waals surface area (Å²) in [7, 11) is -3.36. The van der Waals surface area contributed by atoms with Crippen LogP contribution >= 0.6 is 0 Å². The molecule has 2 rings (SSSR count). The van der Waals surface area contributed by atoms with Crippen molar-refractivity contribution in [1.29, 1.82) is 0 Å².